The number of alkyl halides is 1. The van der Waals surface area contributed by atoms with Crippen LogP contribution in [0.2, 0.25) is 0 Å². The molecule has 0 radical (unpaired) electrons. The van der Waals surface area contributed by atoms with E-state index in [0.717, 1.165) is 0 Å². The Kier molecular flexibility index (Phi) is 3.83. The van der Waals surface area contributed by atoms with Crippen LogP contribution >= 0.6 is 11.6 Å². The Morgan fingerprint density at radius 3 is 2.79 bits per heavy atom. The maximum Gasteiger partial charge on any atom is 0.196 e. The van der Waals surface area contributed by atoms with Gasteiger partial charge in [0.25, 0.3) is 0 Å². The van der Waals surface area contributed by atoms with Crippen molar-refractivity contribution in [2.24, 2.45) is 5.92 Å². The zero-order valence-corrected chi connectivity index (χ0v) is 9.29. The molecule has 14 heavy (non-hydrogen) atoms. The van der Waals surface area contributed by atoms with Crippen molar-refractivity contribution in [2.75, 3.05) is 11.6 Å². The lowest BCUT2D eigenvalue weighted by Gasteiger charge is -2.07. The number of rotatable bonds is 4. The molecule has 0 saturated heterocycles. The zero-order chi connectivity index (χ0) is 10.6. The molecular weight excluding hydrogens is 224 g/mol. The predicted octanol–water partition coefficient (Wildman–Crippen LogP) is 1.13. The lowest BCUT2D eigenvalue weighted by atomic mass is 10.3. The summed E-state index contributed by atoms with van der Waals surface area (Å²) in [5.74, 6) is 0.273. The molecule has 0 aliphatic carbocycles. The minimum absolute atomic E-state index is 0.0213. The average Bonchev–Trinajstić information content (AvgIpc) is 2.18. The largest absolute Gasteiger partial charge is 0.245 e. The van der Waals surface area contributed by atoms with E-state index in [1.54, 1.807) is 6.92 Å². The Balaban J connectivity index is 2.87. The van der Waals surface area contributed by atoms with Gasteiger partial charge in [-0.15, -0.1) is 11.6 Å². The van der Waals surface area contributed by atoms with Crippen molar-refractivity contribution in [2.45, 2.75) is 11.9 Å². The second-order valence-electron chi connectivity index (χ2n) is 3.09. The molecule has 1 unspecified atom stereocenters. The van der Waals surface area contributed by atoms with E-state index in [0.29, 0.717) is 5.88 Å². The van der Waals surface area contributed by atoms with Gasteiger partial charge in [0.2, 0.25) is 0 Å². The van der Waals surface area contributed by atoms with Crippen LogP contribution in [0, 0.1) is 5.92 Å². The van der Waals surface area contributed by atoms with Gasteiger partial charge in [-0.2, -0.15) is 0 Å². The van der Waals surface area contributed by atoms with Gasteiger partial charge in [-0.3, -0.25) is 0 Å². The third-order valence-corrected chi connectivity index (χ3v) is 4.05. The Bertz CT molecular complexity index is 380. The number of nitrogens with zero attached hydrogens (tertiary/aromatic N) is 2. The van der Waals surface area contributed by atoms with Crippen LogP contribution in [0.4, 0.5) is 0 Å². The van der Waals surface area contributed by atoms with E-state index in [1.807, 2.05) is 0 Å². The summed E-state index contributed by atoms with van der Waals surface area (Å²) in [5.41, 5.74) is 0. The fourth-order valence-electron chi connectivity index (χ4n) is 0.967. The molecular formula is C8H11ClN2O2S. The molecule has 1 aromatic heterocycles. The summed E-state index contributed by atoms with van der Waals surface area (Å²) in [6.45, 7) is 1.78. The molecule has 1 aromatic rings. The second kappa shape index (κ2) is 4.70. The highest BCUT2D eigenvalue weighted by Crippen LogP contribution is 2.11. The van der Waals surface area contributed by atoms with Gasteiger partial charge in [-0.1, -0.05) is 6.92 Å². The fourth-order valence-corrected chi connectivity index (χ4v) is 2.72. The molecule has 0 amide bonds. The van der Waals surface area contributed by atoms with Gasteiger partial charge in [-0.25, -0.2) is 18.4 Å². The van der Waals surface area contributed by atoms with Gasteiger partial charge in [0.15, 0.2) is 14.9 Å². The van der Waals surface area contributed by atoms with Crippen molar-refractivity contribution in [3.63, 3.8) is 0 Å². The van der Waals surface area contributed by atoms with Crippen LogP contribution in [0.3, 0.4) is 0 Å². The molecule has 1 atom stereocenters. The molecule has 0 aromatic carbocycles. The van der Waals surface area contributed by atoms with Gasteiger partial charge in [-0.05, 0) is 12.0 Å². The van der Waals surface area contributed by atoms with Crippen LogP contribution in [0.25, 0.3) is 0 Å². The minimum Gasteiger partial charge on any atom is -0.245 e. The van der Waals surface area contributed by atoms with Crippen LogP contribution in [-0.2, 0) is 9.84 Å². The molecule has 1 heterocycles. The Hall–Kier alpha value is -0.680. The number of sulfone groups is 1. The maximum absolute atomic E-state index is 11.7. The standard InChI is InChI=1S/C8H11ClN2O2S/c1-7(4-9)5-14(12,13)8-2-3-10-6-11-8/h2-3,6-7H,4-5H2,1H3. The third-order valence-electron chi connectivity index (χ3n) is 1.64. The van der Waals surface area contributed by atoms with Crippen LogP contribution in [0.15, 0.2) is 23.6 Å². The molecule has 0 bridgehead atoms. The first kappa shape index (κ1) is 11.4. The molecule has 6 heteroatoms. The zero-order valence-electron chi connectivity index (χ0n) is 7.72. The first-order valence-electron chi connectivity index (χ1n) is 4.11. The van der Waals surface area contributed by atoms with Gasteiger partial charge in [0.05, 0.1) is 5.75 Å². The summed E-state index contributed by atoms with van der Waals surface area (Å²) in [6.07, 6.45) is 2.63. The van der Waals surface area contributed by atoms with Gasteiger partial charge >= 0.3 is 0 Å². The van der Waals surface area contributed by atoms with Crippen LogP contribution in [0.5, 0.6) is 0 Å². The van der Waals surface area contributed by atoms with E-state index < -0.39 is 9.84 Å². The number of halogens is 1. The normalized spacial score (nSPS) is 13.9. The van der Waals surface area contributed by atoms with Crippen molar-refractivity contribution in [3.8, 4) is 0 Å². The molecule has 0 N–H and O–H groups in total. The third kappa shape index (κ3) is 2.92. The quantitative estimate of drug-likeness (QED) is 0.579. The molecule has 1 rings (SSSR count). The van der Waals surface area contributed by atoms with E-state index in [4.69, 9.17) is 11.6 Å². The monoisotopic (exact) mass is 234 g/mol. The highest BCUT2D eigenvalue weighted by molar-refractivity contribution is 7.91. The second-order valence-corrected chi connectivity index (χ2v) is 5.38. The topological polar surface area (TPSA) is 59.9 Å². The molecule has 0 saturated carbocycles. The Morgan fingerprint density at radius 2 is 2.29 bits per heavy atom. The van der Waals surface area contributed by atoms with E-state index in [2.05, 4.69) is 9.97 Å². The summed E-state index contributed by atoms with van der Waals surface area (Å²) < 4.78 is 23.3. The molecule has 0 spiro atoms. The van der Waals surface area contributed by atoms with Gasteiger partial charge < -0.3 is 0 Å². The highest BCUT2D eigenvalue weighted by atomic mass is 35.5. The summed E-state index contributed by atoms with van der Waals surface area (Å²) in [4.78, 5) is 7.35. The maximum atomic E-state index is 11.7. The van der Waals surface area contributed by atoms with Crippen molar-refractivity contribution in [1.29, 1.82) is 0 Å². The van der Waals surface area contributed by atoms with Crippen molar-refractivity contribution < 1.29 is 8.42 Å². The molecule has 0 aliphatic heterocycles. The lowest BCUT2D eigenvalue weighted by Crippen LogP contribution is -2.16. The van der Waals surface area contributed by atoms with E-state index in [-0.39, 0.29) is 16.7 Å². The van der Waals surface area contributed by atoms with Crippen LogP contribution in [0.1, 0.15) is 6.92 Å². The van der Waals surface area contributed by atoms with E-state index in [1.165, 1.54) is 18.6 Å². The Labute approximate surface area is 88.3 Å². The number of hydrogen-bond donors (Lipinski definition) is 0. The van der Waals surface area contributed by atoms with E-state index in [9.17, 15) is 8.42 Å². The van der Waals surface area contributed by atoms with Crippen molar-refractivity contribution in [1.82, 2.24) is 9.97 Å². The fraction of sp³-hybridized carbons (Fsp3) is 0.500. The summed E-state index contributed by atoms with van der Waals surface area (Å²) in [7, 11) is -3.31. The highest BCUT2D eigenvalue weighted by Gasteiger charge is 2.18. The summed E-state index contributed by atoms with van der Waals surface area (Å²) >= 11 is 5.55. The SMILES string of the molecule is CC(CCl)CS(=O)(=O)c1ccncn1. The Morgan fingerprint density at radius 1 is 1.57 bits per heavy atom. The average molecular weight is 235 g/mol. The molecule has 4 nitrogen and oxygen atoms in total. The summed E-state index contributed by atoms with van der Waals surface area (Å²) in [6, 6.07) is 1.39. The van der Waals surface area contributed by atoms with Gasteiger partial charge in [0, 0.05) is 12.1 Å². The molecule has 0 fully saturated rings. The summed E-state index contributed by atoms with van der Waals surface area (Å²) in [5, 5.41) is 0.0597. The van der Waals surface area contributed by atoms with Gasteiger partial charge in [0.1, 0.15) is 6.33 Å². The van der Waals surface area contributed by atoms with Crippen LogP contribution < -0.4 is 0 Å². The smallest absolute Gasteiger partial charge is 0.196 e. The van der Waals surface area contributed by atoms with Crippen molar-refractivity contribution >= 4 is 21.4 Å². The van der Waals surface area contributed by atoms with Crippen molar-refractivity contribution in [3.05, 3.63) is 18.6 Å². The lowest BCUT2D eigenvalue weighted by molar-refractivity contribution is 0.579. The first-order chi connectivity index (χ1) is 6.56. The molecule has 78 valence electrons. The van der Waals surface area contributed by atoms with E-state index >= 15 is 0 Å². The number of hydrogen-bond acceptors (Lipinski definition) is 4. The minimum atomic E-state index is -3.31. The predicted molar refractivity (Wildman–Crippen MR) is 54.0 cm³/mol. The number of aromatic nitrogens is 2. The van der Waals surface area contributed by atoms with Crippen LogP contribution in [-0.4, -0.2) is 30.0 Å². The molecule has 0 aliphatic rings. The first-order valence-corrected chi connectivity index (χ1v) is 6.29.